The second kappa shape index (κ2) is 7.96. The molecule has 0 spiro atoms. The molecule has 0 bridgehead atoms. The molecular weight excluding hydrogens is 394 g/mol. The lowest BCUT2D eigenvalue weighted by Crippen LogP contribution is -2.38. The van der Waals surface area contributed by atoms with E-state index in [0.717, 1.165) is 55.0 Å². The number of carbonyl (C=O) groups excluding carboxylic acids is 1. The monoisotopic (exact) mass is 421 g/mol. The Morgan fingerprint density at radius 3 is 2.90 bits per heavy atom. The van der Waals surface area contributed by atoms with Crippen molar-refractivity contribution in [2.45, 2.75) is 51.7 Å². The number of nitrogens with one attached hydrogen (secondary N) is 1. The summed E-state index contributed by atoms with van der Waals surface area (Å²) in [6.07, 6.45) is 3.76. The summed E-state index contributed by atoms with van der Waals surface area (Å²) in [5.41, 5.74) is 6.67. The zero-order chi connectivity index (χ0) is 20.7. The zero-order valence-corrected chi connectivity index (χ0v) is 18.3. The molecule has 1 amide bonds. The molecular formula is C23H27N5OS. The van der Waals surface area contributed by atoms with Crippen molar-refractivity contribution < 1.29 is 4.79 Å². The molecule has 3 heterocycles. The van der Waals surface area contributed by atoms with Gasteiger partial charge in [0, 0.05) is 49.4 Å². The van der Waals surface area contributed by atoms with Crippen LogP contribution in [0.5, 0.6) is 0 Å². The van der Waals surface area contributed by atoms with Crippen molar-refractivity contribution in [2.75, 3.05) is 6.54 Å². The van der Waals surface area contributed by atoms with Crippen molar-refractivity contribution in [2.24, 2.45) is 7.05 Å². The van der Waals surface area contributed by atoms with Gasteiger partial charge in [0.1, 0.15) is 0 Å². The molecule has 5 rings (SSSR count). The van der Waals surface area contributed by atoms with E-state index >= 15 is 0 Å². The molecule has 6 nitrogen and oxygen atoms in total. The van der Waals surface area contributed by atoms with E-state index in [1.807, 2.05) is 23.6 Å². The summed E-state index contributed by atoms with van der Waals surface area (Å²) in [5, 5.41) is 11.5. The van der Waals surface area contributed by atoms with E-state index in [9.17, 15) is 4.79 Å². The number of rotatable bonds is 4. The molecule has 7 heteroatoms. The second-order valence-electron chi connectivity index (χ2n) is 8.32. The van der Waals surface area contributed by atoms with Gasteiger partial charge < -0.3 is 10.2 Å². The van der Waals surface area contributed by atoms with Crippen LogP contribution in [0.1, 0.15) is 50.0 Å². The average molecular weight is 422 g/mol. The van der Waals surface area contributed by atoms with Gasteiger partial charge in [-0.2, -0.15) is 5.10 Å². The lowest BCUT2D eigenvalue weighted by Gasteiger charge is -2.29. The van der Waals surface area contributed by atoms with Gasteiger partial charge >= 0.3 is 0 Å². The minimum absolute atomic E-state index is 0.0668. The standard InChI is InChI=1S/C23H27N5OS/c1-15-25-19(14-30-15)12-24-18-7-8-21-20(11-18)22(26-27(21)2)23(29)28-10-9-16-5-3-4-6-17(16)13-28/h3-6,14,18,24H,7-13H2,1-2H3. The SMILES string of the molecule is Cc1nc(CNC2CCc3c(c(C(=O)N4CCc5ccccc5C4)nn3C)C2)cs1. The van der Waals surface area contributed by atoms with Gasteiger partial charge in [-0.1, -0.05) is 24.3 Å². The molecule has 1 aliphatic heterocycles. The zero-order valence-electron chi connectivity index (χ0n) is 17.5. The van der Waals surface area contributed by atoms with Crippen molar-refractivity contribution in [3.63, 3.8) is 0 Å². The molecule has 1 atom stereocenters. The third-order valence-corrected chi connectivity index (χ3v) is 7.14. The number of carbonyl (C=O) groups is 1. The van der Waals surface area contributed by atoms with Crippen molar-refractivity contribution in [1.29, 1.82) is 0 Å². The van der Waals surface area contributed by atoms with E-state index in [-0.39, 0.29) is 5.91 Å². The van der Waals surface area contributed by atoms with Crippen LogP contribution in [-0.4, -0.2) is 38.2 Å². The largest absolute Gasteiger partial charge is 0.333 e. The van der Waals surface area contributed by atoms with Crippen molar-refractivity contribution >= 4 is 17.2 Å². The number of fused-ring (bicyclic) bond motifs is 2. The first kappa shape index (κ1) is 19.5. The number of amides is 1. The topological polar surface area (TPSA) is 63.1 Å². The fraction of sp³-hybridized carbons (Fsp3) is 0.435. The first-order valence-corrected chi connectivity index (χ1v) is 11.5. The van der Waals surface area contributed by atoms with Crippen molar-refractivity contribution in [3.8, 4) is 0 Å². The Hall–Kier alpha value is -2.51. The molecule has 2 aromatic heterocycles. The number of hydrogen-bond acceptors (Lipinski definition) is 5. The molecule has 1 N–H and O–H groups in total. The van der Waals surface area contributed by atoms with Crippen LogP contribution in [0.25, 0.3) is 0 Å². The van der Waals surface area contributed by atoms with Gasteiger partial charge in [0.05, 0.1) is 10.7 Å². The van der Waals surface area contributed by atoms with E-state index in [1.54, 1.807) is 11.3 Å². The van der Waals surface area contributed by atoms with Gasteiger partial charge in [0.25, 0.3) is 5.91 Å². The predicted molar refractivity (Wildman–Crippen MR) is 118 cm³/mol. The maximum Gasteiger partial charge on any atom is 0.274 e. The van der Waals surface area contributed by atoms with Crippen LogP contribution in [-0.2, 0) is 39.4 Å². The Bertz CT molecular complexity index is 1090. The van der Waals surface area contributed by atoms with Gasteiger partial charge in [-0.25, -0.2) is 4.98 Å². The van der Waals surface area contributed by atoms with E-state index < -0.39 is 0 Å². The van der Waals surface area contributed by atoms with Gasteiger partial charge in [-0.05, 0) is 43.7 Å². The number of aryl methyl sites for hydroxylation is 2. The molecule has 156 valence electrons. The van der Waals surface area contributed by atoms with E-state index in [1.165, 1.54) is 16.8 Å². The minimum atomic E-state index is 0.0668. The van der Waals surface area contributed by atoms with Crippen LogP contribution >= 0.6 is 11.3 Å². The first-order chi connectivity index (χ1) is 14.6. The van der Waals surface area contributed by atoms with Crippen LogP contribution in [0.15, 0.2) is 29.6 Å². The number of benzene rings is 1. The Balaban J connectivity index is 1.32. The highest BCUT2D eigenvalue weighted by atomic mass is 32.1. The molecule has 0 radical (unpaired) electrons. The van der Waals surface area contributed by atoms with Crippen LogP contribution < -0.4 is 5.32 Å². The molecule has 1 aliphatic carbocycles. The number of thiazole rings is 1. The average Bonchev–Trinajstić information content (AvgIpc) is 3.34. The fourth-order valence-electron chi connectivity index (χ4n) is 4.69. The van der Waals surface area contributed by atoms with Gasteiger partial charge in [-0.3, -0.25) is 9.48 Å². The summed E-state index contributed by atoms with van der Waals surface area (Å²) >= 11 is 1.69. The highest BCUT2D eigenvalue weighted by Crippen LogP contribution is 2.27. The Morgan fingerprint density at radius 1 is 1.27 bits per heavy atom. The van der Waals surface area contributed by atoms with E-state index in [0.29, 0.717) is 18.3 Å². The first-order valence-electron chi connectivity index (χ1n) is 10.6. The Labute approximate surface area is 180 Å². The van der Waals surface area contributed by atoms with Gasteiger partial charge in [0.2, 0.25) is 0 Å². The smallest absolute Gasteiger partial charge is 0.274 e. The van der Waals surface area contributed by atoms with Crippen LogP contribution in [0.4, 0.5) is 0 Å². The van der Waals surface area contributed by atoms with E-state index in [4.69, 9.17) is 0 Å². The van der Waals surface area contributed by atoms with E-state index in [2.05, 4.69) is 45.0 Å². The highest BCUT2D eigenvalue weighted by molar-refractivity contribution is 7.09. The number of nitrogens with zero attached hydrogens (tertiary/aromatic N) is 4. The van der Waals surface area contributed by atoms with Crippen LogP contribution in [0.3, 0.4) is 0 Å². The molecule has 30 heavy (non-hydrogen) atoms. The van der Waals surface area contributed by atoms with Crippen LogP contribution in [0.2, 0.25) is 0 Å². The summed E-state index contributed by atoms with van der Waals surface area (Å²) in [5.74, 6) is 0.0668. The van der Waals surface area contributed by atoms with Crippen molar-refractivity contribution in [3.05, 3.63) is 68.4 Å². The van der Waals surface area contributed by atoms with Gasteiger partial charge in [-0.15, -0.1) is 11.3 Å². The lowest BCUT2D eigenvalue weighted by atomic mass is 9.90. The molecule has 3 aromatic rings. The third kappa shape index (κ3) is 3.68. The normalized spacial score (nSPS) is 18.2. The molecule has 0 fully saturated rings. The lowest BCUT2D eigenvalue weighted by molar-refractivity contribution is 0.0726. The Morgan fingerprint density at radius 2 is 2.10 bits per heavy atom. The molecule has 1 unspecified atom stereocenters. The van der Waals surface area contributed by atoms with Gasteiger partial charge in [0.15, 0.2) is 5.69 Å². The summed E-state index contributed by atoms with van der Waals surface area (Å²) in [4.78, 5) is 19.9. The third-order valence-electron chi connectivity index (χ3n) is 6.31. The summed E-state index contributed by atoms with van der Waals surface area (Å²) in [7, 11) is 1.97. The maximum atomic E-state index is 13.4. The fourth-order valence-corrected chi connectivity index (χ4v) is 5.31. The molecule has 1 aromatic carbocycles. The quantitative estimate of drug-likeness (QED) is 0.703. The maximum absolute atomic E-state index is 13.4. The van der Waals surface area contributed by atoms with Crippen molar-refractivity contribution in [1.82, 2.24) is 25.0 Å². The Kier molecular flexibility index (Phi) is 5.16. The summed E-state index contributed by atoms with van der Waals surface area (Å²) < 4.78 is 1.92. The summed E-state index contributed by atoms with van der Waals surface area (Å²) in [6.45, 7) is 4.24. The second-order valence-corrected chi connectivity index (χ2v) is 9.38. The highest BCUT2D eigenvalue weighted by Gasteiger charge is 2.31. The molecule has 0 saturated carbocycles. The number of hydrogen-bond donors (Lipinski definition) is 1. The molecule has 2 aliphatic rings. The predicted octanol–water partition coefficient (Wildman–Crippen LogP) is 3.03. The molecule has 0 saturated heterocycles. The summed E-state index contributed by atoms with van der Waals surface area (Å²) in [6, 6.07) is 8.77. The van der Waals surface area contributed by atoms with Crippen LogP contribution in [0, 0.1) is 6.92 Å². The number of aromatic nitrogens is 3. The minimum Gasteiger partial charge on any atom is -0.333 e.